The van der Waals surface area contributed by atoms with Gasteiger partial charge in [0, 0.05) is 18.0 Å². The molecule has 4 rings (SSSR count). The summed E-state index contributed by atoms with van der Waals surface area (Å²) in [4.78, 5) is 4.60. The minimum atomic E-state index is -0.0889. The van der Waals surface area contributed by atoms with Crippen molar-refractivity contribution in [1.29, 1.82) is 0 Å². The van der Waals surface area contributed by atoms with Crippen molar-refractivity contribution in [2.24, 2.45) is 0 Å². The van der Waals surface area contributed by atoms with E-state index in [2.05, 4.69) is 41.4 Å². The molecule has 0 amide bonds. The van der Waals surface area contributed by atoms with Crippen molar-refractivity contribution in [3.63, 3.8) is 0 Å². The summed E-state index contributed by atoms with van der Waals surface area (Å²) in [5.74, 6) is 0. The highest BCUT2D eigenvalue weighted by molar-refractivity contribution is 5.89. The van der Waals surface area contributed by atoms with Crippen LogP contribution in [-0.2, 0) is 19.6 Å². The predicted octanol–water partition coefficient (Wildman–Crippen LogP) is 3.96. The molecule has 25 heavy (non-hydrogen) atoms. The highest BCUT2D eigenvalue weighted by Gasteiger charge is 2.10. The molecule has 0 unspecified atom stereocenters. The Morgan fingerprint density at radius 2 is 1.44 bits per heavy atom. The Bertz CT molecular complexity index is 1050. The fourth-order valence-corrected chi connectivity index (χ4v) is 3.44. The number of aliphatic hydroxyl groups is 2. The summed E-state index contributed by atoms with van der Waals surface area (Å²) in [6.07, 6.45) is 2.53. The van der Waals surface area contributed by atoms with Crippen LogP contribution in [0.25, 0.3) is 21.5 Å². The lowest BCUT2D eigenvalue weighted by Gasteiger charge is -2.12. The molecule has 0 saturated carbocycles. The number of benzene rings is 3. The van der Waals surface area contributed by atoms with E-state index in [4.69, 9.17) is 0 Å². The topological polar surface area (TPSA) is 53.4 Å². The first-order chi connectivity index (χ1) is 12.3. The lowest BCUT2D eigenvalue weighted by molar-refractivity contribution is 0.260. The quantitative estimate of drug-likeness (QED) is 0.596. The van der Waals surface area contributed by atoms with Crippen LogP contribution >= 0.6 is 0 Å². The molecule has 1 aromatic heterocycles. The Labute approximate surface area is 146 Å². The van der Waals surface area contributed by atoms with Crippen molar-refractivity contribution in [3.8, 4) is 0 Å². The van der Waals surface area contributed by atoms with E-state index in [9.17, 15) is 10.2 Å². The lowest BCUT2D eigenvalue weighted by atomic mass is 9.96. The van der Waals surface area contributed by atoms with Crippen LogP contribution in [0.4, 0.5) is 0 Å². The number of hydrogen-bond acceptors (Lipinski definition) is 3. The molecular formula is C22H19NO2. The molecule has 1 heterocycles. The van der Waals surface area contributed by atoms with Gasteiger partial charge in [0.15, 0.2) is 0 Å². The third kappa shape index (κ3) is 2.88. The normalized spacial score (nSPS) is 11.3. The molecule has 0 aliphatic rings. The van der Waals surface area contributed by atoms with Crippen LogP contribution in [0.3, 0.4) is 0 Å². The predicted molar refractivity (Wildman–Crippen MR) is 100 cm³/mol. The van der Waals surface area contributed by atoms with Gasteiger partial charge in [-0.05, 0) is 51.0 Å². The van der Waals surface area contributed by atoms with Gasteiger partial charge in [-0.1, -0.05) is 42.5 Å². The van der Waals surface area contributed by atoms with Gasteiger partial charge in [0.2, 0.25) is 0 Å². The summed E-state index contributed by atoms with van der Waals surface area (Å²) >= 11 is 0. The number of pyridine rings is 1. The van der Waals surface area contributed by atoms with Crippen LogP contribution in [0, 0.1) is 0 Å². The fraction of sp³-hybridized carbons (Fsp3) is 0.136. The van der Waals surface area contributed by atoms with Gasteiger partial charge >= 0.3 is 0 Å². The van der Waals surface area contributed by atoms with Gasteiger partial charge in [0.25, 0.3) is 0 Å². The molecular weight excluding hydrogens is 310 g/mol. The van der Waals surface area contributed by atoms with E-state index in [1.165, 1.54) is 16.3 Å². The second kappa shape index (κ2) is 6.63. The molecule has 3 heteroatoms. The molecule has 0 spiro atoms. The highest BCUT2D eigenvalue weighted by atomic mass is 16.3. The van der Waals surface area contributed by atoms with Gasteiger partial charge in [0.1, 0.15) is 0 Å². The van der Waals surface area contributed by atoms with E-state index in [-0.39, 0.29) is 13.2 Å². The monoisotopic (exact) mass is 329 g/mol. The smallest absolute Gasteiger partial charge is 0.0685 e. The van der Waals surface area contributed by atoms with Crippen LogP contribution in [-0.4, -0.2) is 15.2 Å². The molecule has 4 aromatic rings. The molecule has 0 saturated heterocycles. The molecule has 0 aliphatic heterocycles. The van der Waals surface area contributed by atoms with Gasteiger partial charge in [0.05, 0.1) is 18.9 Å². The molecule has 0 fully saturated rings. The van der Waals surface area contributed by atoms with E-state index in [1.54, 1.807) is 0 Å². The number of rotatable bonds is 4. The van der Waals surface area contributed by atoms with Crippen molar-refractivity contribution < 1.29 is 10.2 Å². The Kier molecular flexibility index (Phi) is 4.18. The summed E-state index contributed by atoms with van der Waals surface area (Å²) < 4.78 is 0. The van der Waals surface area contributed by atoms with Gasteiger partial charge in [-0.25, -0.2) is 0 Å². The second-order valence-corrected chi connectivity index (χ2v) is 6.23. The number of aromatic nitrogens is 1. The molecule has 2 N–H and O–H groups in total. The third-order valence-corrected chi connectivity index (χ3v) is 4.75. The molecule has 0 atom stereocenters. The van der Waals surface area contributed by atoms with Crippen molar-refractivity contribution in [2.75, 3.05) is 0 Å². The average molecular weight is 329 g/mol. The molecule has 0 aliphatic carbocycles. The minimum absolute atomic E-state index is 0.0766. The van der Waals surface area contributed by atoms with E-state index in [1.807, 2.05) is 30.5 Å². The lowest BCUT2D eigenvalue weighted by Crippen LogP contribution is -1.99. The average Bonchev–Trinajstić information content (AvgIpc) is 2.67. The first-order valence-corrected chi connectivity index (χ1v) is 8.38. The number of fused-ring (bicyclic) bond motifs is 2. The van der Waals surface area contributed by atoms with E-state index in [0.29, 0.717) is 0 Å². The molecule has 0 bridgehead atoms. The van der Waals surface area contributed by atoms with Crippen molar-refractivity contribution in [1.82, 2.24) is 4.98 Å². The Balaban J connectivity index is 1.86. The van der Waals surface area contributed by atoms with Crippen molar-refractivity contribution in [2.45, 2.75) is 19.6 Å². The van der Waals surface area contributed by atoms with Crippen LogP contribution in [0.1, 0.15) is 22.4 Å². The maximum atomic E-state index is 9.60. The number of aliphatic hydroxyl groups excluding tert-OH is 2. The highest BCUT2D eigenvalue weighted by Crippen LogP contribution is 2.26. The van der Waals surface area contributed by atoms with Crippen LogP contribution in [0.2, 0.25) is 0 Å². The zero-order chi connectivity index (χ0) is 17.2. The van der Waals surface area contributed by atoms with E-state index < -0.39 is 0 Å². The van der Waals surface area contributed by atoms with Gasteiger partial charge in [-0.2, -0.15) is 0 Å². The number of nitrogens with zero attached hydrogens (tertiary/aromatic N) is 1. The number of hydrogen-bond donors (Lipinski definition) is 2. The fourth-order valence-electron chi connectivity index (χ4n) is 3.44. The summed E-state index contributed by atoms with van der Waals surface area (Å²) in [5.41, 5.74) is 3.72. The van der Waals surface area contributed by atoms with Gasteiger partial charge in [-0.15, -0.1) is 0 Å². The zero-order valence-corrected chi connectivity index (χ0v) is 13.8. The maximum absolute atomic E-state index is 9.60. The summed E-state index contributed by atoms with van der Waals surface area (Å²) in [6, 6.07) is 20.5. The van der Waals surface area contributed by atoms with Gasteiger partial charge in [-0.3, -0.25) is 4.98 Å². The Hall–Kier alpha value is -2.75. The SMILES string of the molecule is OCc1cc2ccnc(Cc3cccc4ccccc34)c2cc1CO. The maximum Gasteiger partial charge on any atom is 0.0685 e. The van der Waals surface area contributed by atoms with Crippen molar-refractivity contribution in [3.05, 3.63) is 89.2 Å². The second-order valence-electron chi connectivity index (χ2n) is 6.23. The zero-order valence-electron chi connectivity index (χ0n) is 13.8. The molecule has 124 valence electrons. The molecule has 3 nitrogen and oxygen atoms in total. The molecule has 3 aromatic carbocycles. The van der Waals surface area contributed by atoms with Crippen molar-refractivity contribution >= 4 is 21.5 Å². The minimum Gasteiger partial charge on any atom is -0.392 e. The van der Waals surface area contributed by atoms with E-state index in [0.717, 1.165) is 34.0 Å². The van der Waals surface area contributed by atoms with Crippen LogP contribution in [0.5, 0.6) is 0 Å². The first-order valence-electron chi connectivity index (χ1n) is 8.38. The Morgan fingerprint density at radius 1 is 0.680 bits per heavy atom. The van der Waals surface area contributed by atoms with Crippen LogP contribution in [0.15, 0.2) is 66.9 Å². The molecule has 0 radical (unpaired) electrons. The largest absolute Gasteiger partial charge is 0.392 e. The first kappa shape index (κ1) is 15.8. The Morgan fingerprint density at radius 3 is 2.28 bits per heavy atom. The summed E-state index contributed by atoms with van der Waals surface area (Å²) in [6.45, 7) is -0.165. The van der Waals surface area contributed by atoms with Gasteiger partial charge < -0.3 is 10.2 Å². The van der Waals surface area contributed by atoms with Crippen LogP contribution < -0.4 is 0 Å². The summed E-state index contributed by atoms with van der Waals surface area (Å²) in [5, 5.41) is 23.6. The van der Waals surface area contributed by atoms with E-state index >= 15 is 0 Å². The standard InChI is InChI=1S/C22H19NO2/c24-13-18-10-17-8-9-23-22(21(17)11-19(18)14-25)12-16-6-3-5-15-4-1-2-7-20(15)16/h1-11,24-25H,12-14H2. The summed E-state index contributed by atoms with van der Waals surface area (Å²) in [7, 11) is 0. The third-order valence-electron chi connectivity index (χ3n) is 4.75.